The van der Waals surface area contributed by atoms with E-state index in [1.807, 2.05) is 44.2 Å². The van der Waals surface area contributed by atoms with Crippen LogP contribution in [0.5, 0.6) is 0 Å². The van der Waals surface area contributed by atoms with Crippen molar-refractivity contribution in [3.63, 3.8) is 0 Å². The van der Waals surface area contributed by atoms with E-state index in [2.05, 4.69) is 89.6 Å². The summed E-state index contributed by atoms with van der Waals surface area (Å²) in [4.78, 5) is 0. The van der Waals surface area contributed by atoms with Gasteiger partial charge in [0.2, 0.25) is 0 Å². The average molecular weight is 401 g/mol. The molecule has 1 aromatic heterocycles. The molecule has 0 bridgehead atoms. The van der Waals surface area contributed by atoms with Crippen LogP contribution in [-0.4, -0.2) is 4.57 Å². The smallest absolute Gasteiger partial charge is 0.0998 e. The average Bonchev–Trinajstić information content (AvgIpc) is 3.29. The third kappa shape index (κ3) is 3.99. The first-order chi connectivity index (χ1) is 15.3. The highest BCUT2D eigenvalue weighted by Crippen LogP contribution is 2.29. The molecule has 2 heteroatoms. The molecule has 0 fully saturated rings. The lowest BCUT2D eigenvalue weighted by Gasteiger charge is -2.09. The van der Waals surface area contributed by atoms with Gasteiger partial charge in [-0.2, -0.15) is 5.26 Å². The standard InChI is InChI=1S/C27H18N2.C2H6/c28-19-24-8-4-5-9-26(24)22-12-15-27-23(18-22)16-17-29(27)25-13-10-21(11-14-25)20-6-2-1-3-7-20;1-2/h1-18H;1-2H3. The van der Waals surface area contributed by atoms with Crippen LogP contribution in [0.2, 0.25) is 0 Å². The summed E-state index contributed by atoms with van der Waals surface area (Å²) in [5.41, 5.74) is 7.44. The van der Waals surface area contributed by atoms with Crippen LogP contribution in [0.3, 0.4) is 0 Å². The lowest BCUT2D eigenvalue weighted by atomic mass is 9.99. The number of fused-ring (bicyclic) bond motifs is 1. The Labute approximate surface area is 183 Å². The minimum Gasteiger partial charge on any atom is -0.317 e. The van der Waals surface area contributed by atoms with Gasteiger partial charge in [-0.15, -0.1) is 0 Å². The number of nitriles is 1. The number of nitrogens with zero attached hydrogens (tertiary/aromatic N) is 2. The summed E-state index contributed by atoms with van der Waals surface area (Å²) in [6.07, 6.45) is 2.10. The first-order valence-corrected chi connectivity index (χ1v) is 10.6. The Morgan fingerprint density at radius 2 is 1.29 bits per heavy atom. The van der Waals surface area contributed by atoms with Gasteiger partial charge in [-0.1, -0.05) is 80.6 Å². The Kier molecular flexibility index (Phi) is 5.96. The Morgan fingerprint density at radius 1 is 0.645 bits per heavy atom. The Hall–Kier alpha value is -4.09. The third-order valence-electron chi connectivity index (χ3n) is 5.30. The van der Waals surface area contributed by atoms with E-state index in [1.54, 1.807) is 0 Å². The molecule has 0 radical (unpaired) electrons. The number of aromatic nitrogens is 1. The van der Waals surface area contributed by atoms with Crippen molar-refractivity contribution in [1.29, 1.82) is 5.26 Å². The van der Waals surface area contributed by atoms with Crippen molar-refractivity contribution in [2.45, 2.75) is 13.8 Å². The molecule has 2 nitrogen and oxygen atoms in total. The van der Waals surface area contributed by atoms with Gasteiger partial charge in [0.25, 0.3) is 0 Å². The second-order valence-corrected chi connectivity index (χ2v) is 7.03. The van der Waals surface area contributed by atoms with E-state index >= 15 is 0 Å². The number of hydrogen-bond donors (Lipinski definition) is 0. The minimum atomic E-state index is 0.697. The van der Waals surface area contributed by atoms with Crippen molar-refractivity contribution in [3.8, 4) is 34.0 Å². The fraction of sp³-hybridized carbons (Fsp3) is 0.0690. The summed E-state index contributed by atoms with van der Waals surface area (Å²) in [6.45, 7) is 4.00. The molecular formula is C29H24N2. The molecular weight excluding hydrogens is 376 g/mol. The zero-order chi connectivity index (χ0) is 21.6. The maximum atomic E-state index is 9.40. The quantitative estimate of drug-likeness (QED) is 0.303. The van der Waals surface area contributed by atoms with Crippen LogP contribution in [0.4, 0.5) is 0 Å². The van der Waals surface area contributed by atoms with E-state index in [-0.39, 0.29) is 0 Å². The first kappa shape index (κ1) is 20.2. The van der Waals surface area contributed by atoms with E-state index in [4.69, 9.17) is 0 Å². The molecule has 5 aromatic rings. The van der Waals surface area contributed by atoms with E-state index < -0.39 is 0 Å². The molecule has 0 aliphatic heterocycles. The molecule has 0 amide bonds. The van der Waals surface area contributed by atoms with Gasteiger partial charge < -0.3 is 4.57 Å². The minimum absolute atomic E-state index is 0.697. The molecule has 150 valence electrons. The predicted molar refractivity (Wildman–Crippen MR) is 130 cm³/mol. The lowest BCUT2D eigenvalue weighted by molar-refractivity contribution is 1.13. The van der Waals surface area contributed by atoms with Crippen LogP contribution in [0.25, 0.3) is 38.8 Å². The zero-order valence-corrected chi connectivity index (χ0v) is 17.8. The van der Waals surface area contributed by atoms with E-state index in [0.29, 0.717) is 5.56 Å². The summed E-state index contributed by atoms with van der Waals surface area (Å²) in [7, 11) is 0. The van der Waals surface area contributed by atoms with Gasteiger partial charge in [-0.05, 0) is 58.7 Å². The summed E-state index contributed by atoms with van der Waals surface area (Å²) in [5, 5.41) is 10.6. The van der Waals surface area contributed by atoms with Crippen molar-refractivity contribution in [2.24, 2.45) is 0 Å². The molecule has 31 heavy (non-hydrogen) atoms. The van der Waals surface area contributed by atoms with Crippen molar-refractivity contribution >= 4 is 10.9 Å². The topological polar surface area (TPSA) is 28.7 Å². The van der Waals surface area contributed by atoms with Crippen LogP contribution in [-0.2, 0) is 0 Å². The Bertz CT molecular complexity index is 1340. The molecule has 0 saturated heterocycles. The summed E-state index contributed by atoms with van der Waals surface area (Å²) < 4.78 is 2.20. The zero-order valence-electron chi connectivity index (χ0n) is 17.8. The molecule has 0 N–H and O–H groups in total. The first-order valence-electron chi connectivity index (χ1n) is 10.6. The number of hydrogen-bond acceptors (Lipinski definition) is 1. The number of benzene rings is 4. The van der Waals surface area contributed by atoms with Crippen molar-refractivity contribution in [3.05, 3.63) is 115 Å². The highest BCUT2D eigenvalue weighted by atomic mass is 15.0. The SMILES string of the molecule is CC.N#Cc1ccccc1-c1ccc2c(ccn2-c2ccc(-c3ccccc3)cc2)c1. The maximum Gasteiger partial charge on any atom is 0.0998 e. The fourth-order valence-corrected chi connectivity index (χ4v) is 3.81. The monoisotopic (exact) mass is 400 g/mol. The van der Waals surface area contributed by atoms with Crippen LogP contribution in [0, 0.1) is 11.3 Å². The van der Waals surface area contributed by atoms with Crippen LogP contribution >= 0.6 is 0 Å². The molecule has 1 heterocycles. The van der Waals surface area contributed by atoms with Gasteiger partial charge in [0.05, 0.1) is 17.1 Å². The van der Waals surface area contributed by atoms with Gasteiger partial charge in [0, 0.05) is 17.3 Å². The van der Waals surface area contributed by atoms with Crippen LogP contribution in [0.15, 0.2) is 109 Å². The Balaban J connectivity index is 0.00000112. The third-order valence-corrected chi connectivity index (χ3v) is 5.30. The van der Waals surface area contributed by atoms with Crippen LogP contribution < -0.4 is 0 Å². The molecule has 0 unspecified atom stereocenters. The van der Waals surface area contributed by atoms with Crippen molar-refractivity contribution in [1.82, 2.24) is 4.57 Å². The van der Waals surface area contributed by atoms with Crippen molar-refractivity contribution < 1.29 is 0 Å². The maximum absolute atomic E-state index is 9.40. The largest absolute Gasteiger partial charge is 0.317 e. The highest BCUT2D eigenvalue weighted by molar-refractivity contribution is 5.88. The molecule has 0 saturated carbocycles. The van der Waals surface area contributed by atoms with E-state index in [9.17, 15) is 5.26 Å². The summed E-state index contributed by atoms with van der Waals surface area (Å²) >= 11 is 0. The molecule has 0 aliphatic rings. The molecule has 0 aliphatic carbocycles. The highest BCUT2D eigenvalue weighted by Gasteiger charge is 2.08. The second-order valence-electron chi connectivity index (χ2n) is 7.03. The summed E-state index contributed by atoms with van der Waals surface area (Å²) in [6, 6.07) is 37.5. The van der Waals surface area contributed by atoms with Gasteiger partial charge in [0.15, 0.2) is 0 Å². The van der Waals surface area contributed by atoms with Gasteiger partial charge in [-0.25, -0.2) is 0 Å². The molecule has 0 atom stereocenters. The van der Waals surface area contributed by atoms with E-state index in [1.165, 1.54) is 11.1 Å². The van der Waals surface area contributed by atoms with E-state index in [0.717, 1.165) is 27.7 Å². The fourth-order valence-electron chi connectivity index (χ4n) is 3.81. The molecule has 0 spiro atoms. The van der Waals surface area contributed by atoms with Crippen LogP contribution in [0.1, 0.15) is 19.4 Å². The Morgan fingerprint density at radius 3 is 2.03 bits per heavy atom. The van der Waals surface area contributed by atoms with Gasteiger partial charge in [0.1, 0.15) is 0 Å². The van der Waals surface area contributed by atoms with Gasteiger partial charge in [-0.3, -0.25) is 0 Å². The summed E-state index contributed by atoms with van der Waals surface area (Å²) in [5.74, 6) is 0. The lowest BCUT2D eigenvalue weighted by Crippen LogP contribution is -1.92. The normalized spacial score (nSPS) is 10.2. The molecule has 4 aromatic carbocycles. The predicted octanol–water partition coefficient (Wildman–Crippen LogP) is 7.86. The second kappa shape index (κ2) is 9.15. The number of rotatable bonds is 3. The molecule has 5 rings (SSSR count). The van der Waals surface area contributed by atoms with Crippen molar-refractivity contribution in [2.75, 3.05) is 0 Å². The van der Waals surface area contributed by atoms with Gasteiger partial charge >= 0.3 is 0 Å².